The molecule has 1 aromatic heterocycles. The molecular formula is C14H16ClNO2S. The quantitative estimate of drug-likeness (QED) is 0.887. The largest absolute Gasteiger partial charge is 0.493 e. The molecule has 19 heavy (non-hydrogen) atoms. The molecule has 0 aliphatic rings. The Kier molecular flexibility index (Phi) is 5.07. The number of benzene rings is 1. The summed E-state index contributed by atoms with van der Waals surface area (Å²) in [6.07, 6.45) is 0.831. The number of methoxy groups -OCH3 is 1. The van der Waals surface area contributed by atoms with E-state index in [0.717, 1.165) is 32.7 Å². The standard InChI is InChI=1S/C14H16ClNO2S/c1-17-13-8-10(6-7-16)2-4-12(13)18-9-11-3-5-14(15)19-11/h2-5,8H,6-7,9,16H2,1H3. The fourth-order valence-corrected chi connectivity index (χ4v) is 2.73. The summed E-state index contributed by atoms with van der Waals surface area (Å²) in [5.41, 5.74) is 6.69. The van der Waals surface area contributed by atoms with E-state index in [1.54, 1.807) is 7.11 Å². The molecule has 102 valence electrons. The number of halogens is 1. The first-order valence-electron chi connectivity index (χ1n) is 5.97. The zero-order chi connectivity index (χ0) is 13.7. The van der Waals surface area contributed by atoms with Crippen molar-refractivity contribution in [1.82, 2.24) is 0 Å². The van der Waals surface area contributed by atoms with Crippen LogP contribution in [0, 0.1) is 0 Å². The number of hydrogen-bond acceptors (Lipinski definition) is 4. The average Bonchev–Trinajstić information content (AvgIpc) is 2.83. The van der Waals surface area contributed by atoms with E-state index in [2.05, 4.69) is 0 Å². The third-order valence-corrected chi connectivity index (χ3v) is 3.86. The highest BCUT2D eigenvalue weighted by Crippen LogP contribution is 2.30. The minimum Gasteiger partial charge on any atom is -0.493 e. The molecular weight excluding hydrogens is 282 g/mol. The Morgan fingerprint density at radius 3 is 2.68 bits per heavy atom. The molecule has 0 fully saturated rings. The van der Waals surface area contributed by atoms with E-state index < -0.39 is 0 Å². The highest BCUT2D eigenvalue weighted by Gasteiger charge is 2.07. The molecule has 2 N–H and O–H groups in total. The number of ether oxygens (including phenoxy) is 2. The Bertz CT molecular complexity index is 542. The van der Waals surface area contributed by atoms with E-state index in [-0.39, 0.29) is 0 Å². The van der Waals surface area contributed by atoms with Crippen molar-refractivity contribution in [2.45, 2.75) is 13.0 Å². The van der Waals surface area contributed by atoms with E-state index in [9.17, 15) is 0 Å². The summed E-state index contributed by atoms with van der Waals surface area (Å²) >= 11 is 7.40. The number of nitrogens with two attached hydrogens (primary N) is 1. The molecule has 0 spiro atoms. The number of rotatable bonds is 6. The van der Waals surface area contributed by atoms with Crippen molar-refractivity contribution >= 4 is 22.9 Å². The van der Waals surface area contributed by atoms with Crippen LogP contribution in [0.15, 0.2) is 30.3 Å². The average molecular weight is 298 g/mol. The van der Waals surface area contributed by atoms with Gasteiger partial charge in [0, 0.05) is 4.88 Å². The summed E-state index contributed by atoms with van der Waals surface area (Å²) in [5, 5.41) is 0. The predicted octanol–water partition coefficient (Wildman–Crippen LogP) is 3.49. The second kappa shape index (κ2) is 6.80. The second-order valence-corrected chi connectivity index (χ2v) is 5.82. The fraction of sp³-hybridized carbons (Fsp3) is 0.286. The first-order chi connectivity index (χ1) is 9.22. The van der Waals surface area contributed by atoms with Crippen LogP contribution in [-0.2, 0) is 13.0 Å². The fourth-order valence-electron chi connectivity index (χ4n) is 1.73. The molecule has 2 aromatic rings. The number of thiophene rings is 1. The van der Waals surface area contributed by atoms with Crippen LogP contribution in [0.3, 0.4) is 0 Å². The van der Waals surface area contributed by atoms with Crippen LogP contribution >= 0.6 is 22.9 Å². The van der Waals surface area contributed by atoms with Crippen molar-refractivity contribution in [2.24, 2.45) is 5.73 Å². The van der Waals surface area contributed by atoms with E-state index in [4.69, 9.17) is 26.8 Å². The summed E-state index contributed by atoms with van der Waals surface area (Å²) in [5.74, 6) is 1.46. The molecule has 0 unspecified atom stereocenters. The maximum Gasteiger partial charge on any atom is 0.161 e. The molecule has 0 amide bonds. The van der Waals surface area contributed by atoms with Crippen molar-refractivity contribution in [1.29, 1.82) is 0 Å². The molecule has 3 nitrogen and oxygen atoms in total. The lowest BCUT2D eigenvalue weighted by Crippen LogP contribution is -2.03. The number of hydrogen-bond donors (Lipinski definition) is 1. The van der Waals surface area contributed by atoms with Crippen LogP contribution < -0.4 is 15.2 Å². The molecule has 0 atom stereocenters. The van der Waals surface area contributed by atoms with Crippen LogP contribution in [0.4, 0.5) is 0 Å². The van der Waals surface area contributed by atoms with Gasteiger partial charge in [0.1, 0.15) is 6.61 Å². The Labute approximate surface area is 121 Å². The molecule has 0 saturated heterocycles. The first-order valence-corrected chi connectivity index (χ1v) is 7.16. The molecule has 0 saturated carbocycles. The van der Waals surface area contributed by atoms with Gasteiger partial charge < -0.3 is 15.2 Å². The van der Waals surface area contributed by atoms with Gasteiger partial charge in [-0.25, -0.2) is 0 Å². The van der Waals surface area contributed by atoms with Gasteiger partial charge in [0.15, 0.2) is 11.5 Å². The molecule has 5 heteroatoms. The third kappa shape index (κ3) is 3.86. The Morgan fingerprint density at radius 1 is 1.21 bits per heavy atom. The zero-order valence-electron chi connectivity index (χ0n) is 10.7. The van der Waals surface area contributed by atoms with Gasteiger partial charge in [0.05, 0.1) is 11.4 Å². The van der Waals surface area contributed by atoms with E-state index >= 15 is 0 Å². The normalized spacial score (nSPS) is 10.5. The molecule has 1 aromatic carbocycles. The predicted molar refractivity (Wildman–Crippen MR) is 79.4 cm³/mol. The maximum atomic E-state index is 5.88. The van der Waals surface area contributed by atoms with Crippen molar-refractivity contribution in [3.05, 3.63) is 45.1 Å². The Hall–Kier alpha value is -1.23. The van der Waals surface area contributed by atoms with Crippen LogP contribution in [0.2, 0.25) is 4.34 Å². The van der Waals surface area contributed by atoms with Gasteiger partial charge in [-0.2, -0.15) is 0 Å². The highest BCUT2D eigenvalue weighted by atomic mass is 35.5. The van der Waals surface area contributed by atoms with Gasteiger partial charge in [0.25, 0.3) is 0 Å². The SMILES string of the molecule is COc1cc(CCN)ccc1OCc1ccc(Cl)s1. The van der Waals surface area contributed by atoms with Crippen LogP contribution in [0.5, 0.6) is 11.5 Å². The smallest absolute Gasteiger partial charge is 0.161 e. The minimum atomic E-state index is 0.490. The lowest BCUT2D eigenvalue weighted by molar-refractivity contribution is 0.287. The molecule has 1 heterocycles. The van der Waals surface area contributed by atoms with Gasteiger partial charge >= 0.3 is 0 Å². The van der Waals surface area contributed by atoms with Gasteiger partial charge in [0.2, 0.25) is 0 Å². The van der Waals surface area contributed by atoms with Crippen molar-refractivity contribution < 1.29 is 9.47 Å². The van der Waals surface area contributed by atoms with E-state index in [1.165, 1.54) is 11.3 Å². The summed E-state index contributed by atoms with van der Waals surface area (Å²) in [4.78, 5) is 1.08. The van der Waals surface area contributed by atoms with E-state index in [0.29, 0.717) is 13.2 Å². The molecule has 0 radical (unpaired) electrons. The molecule has 0 aliphatic heterocycles. The van der Waals surface area contributed by atoms with Gasteiger partial charge in [-0.1, -0.05) is 17.7 Å². The lowest BCUT2D eigenvalue weighted by atomic mass is 10.1. The Balaban J connectivity index is 2.06. The van der Waals surface area contributed by atoms with Crippen LogP contribution in [0.1, 0.15) is 10.4 Å². The molecule has 0 bridgehead atoms. The molecule has 0 aliphatic carbocycles. The summed E-state index contributed by atoms with van der Waals surface area (Å²) in [6.45, 7) is 1.11. The zero-order valence-corrected chi connectivity index (χ0v) is 12.3. The van der Waals surface area contributed by atoms with Gasteiger partial charge in [-0.05, 0) is 42.8 Å². The monoisotopic (exact) mass is 297 g/mol. The Morgan fingerprint density at radius 2 is 2.05 bits per heavy atom. The maximum absolute atomic E-state index is 5.88. The van der Waals surface area contributed by atoms with Crippen molar-refractivity contribution in [3.8, 4) is 11.5 Å². The first kappa shape index (κ1) is 14.2. The van der Waals surface area contributed by atoms with E-state index in [1.807, 2.05) is 30.3 Å². The van der Waals surface area contributed by atoms with Crippen molar-refractivity contribution in [2.75, 3.05) is 13.7 Å². The topological polar surface area (TPSA) is 44.5 Å². The summed E-state index contributed by atoms with van der Waals surface area (Å²) in [6, 6.07) is 9.71. The van der Waals surface area contributed by atoms with Crippen molar-refractivity contribution in [3.63, 3.8) is 0 Å². The minimum absolute atomic E-state index is 0.490. The highest BCUT2D eigenvalue weighted by molar-refractivity contribution is 7.16. The third-order valence-electron chi connectivity index (χ3n) is 2.66. The summed E-state index contributed by atoms with van der Waals surface area (Å²) in [7, 11) is 1.64. The lowest BCUT2D eigenvalue weighted by Gasteiger charge is -2.11. The van der Waals surface area contributed by atoms with Gasteiger partial charge in [-0.3, -0.25) is 0 Å². The van der Waals surface area contributed by atoms with Gasteiger partial charge in [-0.15, -0.1) is 11.3 Å². The second-order valence-electron chi connectivity index (χ2n) is 4.02. The molecule has 2 rings (SSSR count). The van der Waals surface area contributed by atoms with Crippen LogP contribution in [0.25, 0.3) is 0 Å². The summed E-state index contributed by atoms with van der Waals surface area (Å²) < 4.78 is 11.9. The van der Waals surface area contributed by atoms with Crippen LogP contribution in [-0.4, -0.2) is 13.7 Å².